The number of esters is 1. The van der Waals surface area contributed by atoms with Gasteiger partial charge < -0.3 is 41.7 Å². The number of amides is 3. The molecule has 0 spiro atoms. The molecule has 0 saturated heterocycles. The summed E-state index contributed by atoms with van der Waals surface area (Å²) in [5.74, 6) is -2.57. The van der Waals surface area contributed by atoms with Crippen molar-refractivity contribution in [3.63, 3.8) is 0 Å². The maximum atomic E-state index is 12.4. The Morgan fingerprint density at radius 3 is 1.62 bits per heavy atom. The highest BCUT2D eigenvalue weighted by Gasteiger charge is 2.24. The molecule has 16 heteroatoms. The van der Waals surface area contributed by atoms with E-state index in [0.29, 0.717) is 25.8 Å². The number of benzene rings is 2. The summed E-state index contributed by atoms with van der Waals surface area (Å²) < 4.78 is 4.58. The summed E-state index contributed by atoms with van der Waals surface area (Å²) in [5, 5.41) is 35.6. The third-order valence-corrected chi connectivity index (χ3v) is 8.90. The fourth-order valence-electron chi connectivity index (χ4n) is 4.08. The number of halogens is 1. The van der Waals surface area contributed by atoms with Gasteiger partial charge in [0.05, 0.1) is 21.7 Å². The number of nitrogens with one attached hydrogen (secondary N) is 3. The highest BCUT2D eigenvalue weighted by Crippen LogP contribution is 2.23. The zero-order chi connectivity index (χ0) is 34.7. The van der Waals surface area contributed by atoms with Crippen LogP contribution in [0.15, 0.2) is 60.7 Å². The minimum absolute atomic E-state index is 0. The average Bonchev–Trinajstić information content (AvgIpc) is 3.64. The number of phenols is 2. The molecule has 0 bridgehead atoms. The second-order valence-corrected chi connectivity index (χ2v) is 12.1. The molecule has 2 aromatic heterocycles. The van der Waals surface area contributed by atoms with Crippen molar-refractivity contribution in [3.05, 3.63) is 102 Å². The van der Waals surface area contributed by atoms with Crippen LogP contribution in [0.2, 0.25) is 0 Å². The first-order valence-electron chi connectivity index (χ1n) is 14.0. The van der Waals surface area contributed by atoms with E-state index in [1.807, 2.05) is 0 Å². The zero-order valence-electron chi connectivity index (χ0n) is 26.1. The molecule has 8 N–H and O–H groups in total. The van der Waals surface area contributed by atoms with Crippen LogP contribution in [-0.2, 0) is 22.6 Å². The van der Waals surface area contributed by atoms with Crippen molar-refractivity contribution < 1.29 is 44.0 Å². The number of thiophene rings is 2. The topological polar surface area (TPSA) is 217 Å². The maximum absolute atomic E-state index is 12.4. The molecule has 2 aromatic carbocycles. The predicted molar refractivity (Wildman–Crippen MR) is 183 cm³/mol. The second-order valence-electron chi connectivity index (χ2n) is 10.0. The number of methoxy groups -OCH3 is 1. The van der Waals surface area contributed by atoms with E-state index >= 15 is 0 Å². The quantitative estimate of drug-likeness (QED) is 0.112. The van der Waals surface area contributed by atoms with Gasteiger partial charge in [0.25, 0.3) is 17.7 Å². The van der Waals surface area contributed by atoms with Crippen LogP contribution < -0.4 is 21.7 Å². The summed E-state index contributed by atoms with van der Waals surface area (Å²) >= 11 is 1.97. The van der Waals surface area contributed by atoms with E-state index in [1.165, 1.54) is 7.11 Å². The van der Waals surface area contributed by atoms with Crippen LogP contribution in [0.1, 0.15) is 60.9 Å². The largest absolute Gasteiger partial charge is 0.508 e. The lowest BCUT2D eigenvalue weighted by atomic mass is 10.2. The monoisotopic (exact) mass is 718 g/mol. The van der Waals surface area contributed by atoms with Crippen LogP contribution in [0.5, 0.6) is 11.5 Å². The average molecular weight is 719 g/mol. The fraction of sp³-hybridized carbons (Fsp3) is 0.219. The number of hydrogen-bond donors (Lipinski definition) is 7. The molecule has 0 fully saturated rings. The van der Waals surface area contributed by atoms with Crippen molar-refractivity contribution in [1.82, 2.24) is 16.0 Å². The number of ether oxygens (including phenoxy) is 1. The molecule has 2 heterocycles. The normalized spacial score (nSPS) is 10.8. The third-order valence-electron chi connectivity index (χ3n) is 6.44. The van der Waals surface area contributed by atoms with Crippen molar-refractivity contribution >= 4 is 64.7 Å². The van der Waals surface area contributed by atoms with Gasteiger partial charge in [-0.25, -0.2) is 9.59 Å². The lowest BCUT2D eigenvalue weighted by Gasteiger charge is -2.13. The van der Waals surface area contributed by atoms with Gasteiger partial charge in [0.1, 0.15) is 22.4 Å². The van der Waals surface area contributed by atoms with Gasteiger partial charge in [-0.3, -0.25) is 14.4 Å². The number of carbonyl (C=O) groups is 5. The van der Waals surface area contributed by atoms with Gasteiger partial charge in [0, 0.05) is 19.6 Å². The van der Waals surface area contributed by atoms with Crippen molar-refractivity contribution in [1.29, 1.82) is 0 Å². The third kappa shape index (κ3) is 11.1. The Morgan fingerprint density at radius 2 is 1.23 bits per heavy atom. The number of phenolic OH excluding ortho intramolecular Hbond substituents is 2. The molecule has 1 atom stereocenters. The van der Waals surface area contributed by atoms with Gasteiger partial charge in [-0.2, -0.15) is 0 Å². The summed E-state index contributed by atoms with van der Waals surface area (Å²) in [5.41, 5.74) is 8.18. The molecule has 0 aliphatic carbocycles. The number of carboxylic acids is 1. The first kappa shape index (κ1) is 39.2. The Hall–Kier alpha value is -4.96. The molecule has 4 rings (SSSR count). The van der Waals surface area contributed by atoms with Crippen LogP contribution in [0.3, 0.4) is 0 Å². The summed E-state index contributed by atoms with van der Waals surface area (Å²) in [4.78, 5) is 60.4. The van der Waals surface area contributed by atoms with Crippen LogP contribution in [0.25, 0.3) is 0 Å². The second kappa shape index (κ2) is 18.4. The lowest BCUT2D eigenvalue weighted by molar-refractivity contribution is -0.142. The lowest BCUT2D eigenvalue weighted by Crippen LogP contribution is -2.46. The van der Waals surface area contributed by atoms with Crippen LogP contribution in [-0.4, -0.2) is 64.7 Å². The molecule has 4 aromatic rings. The summed E-state index contributed by atoms with van der Waals surface area (Å²) in [6, 6.07) is 15.3. The maximum Gasteiger partial charge on any atom is 0.346 e. The highest BCUT2D eigenvalue weighted by molar-refractivity contribution is 7.16. The molecule has 3 amide bonds. The Bertz CT molecular complexity index is 1770. The number of nitrogens with two attached hydrogens (primary N) is 1. The van der Waals surface area contributed by atoms with Gasteiger partial charge in [-0.15, -0.1) is 35.1 Å². The molecule has 0 radical (unpaired) electrons. The van der Waals surface area contributed by atoms with E-state index < -0.39 is 23.9 Å². The number of hydrogen-bond acceptors (Lipinski definition) is 11. The van der Waals surface area contributed by atoms with E-state index in [-0.39, 0.29) is 60.2 Å². The molecular formula is C32H35ClN4O9S2. The molecular weight excluding hydrogens is 684 g/mol. The van der Waals surface area contributed by atoms with Gasteiger partial charge in [-0.05, 0) is 72.5 Å². The van der Waals surface area contributed by atoms with Crippen molar-refractivity contribution in [3.8, 4) is 11.5 Å². The van der Waals surface area contributed by atoms with Crippen LogP contribution in [0.4, 0.5) is 0 Å². The predicted octanol–water partition coefficient (Wildman–Crippen LogP) is 3.73. The highest BCUT2D eigenvalue weighted by atomic mass is 35.5. The summed E-state index contributed by atoms with van der Waals surface area (Å²) in [6.07, 6.45) is 0. The van der Waals surface area contributed by atoms with Crippen molar-refractivity contribution in [2.24, 2.45) is 5.73 Å². The van der Waals surface area contributed by atoms with Crippen molar-refractivity contribution in [2.45, 2.75) is 33.0 Å². The summed E-state index contributed by atoms with van der Waals surface area (Å²) in [7, 11) is 1.21. The van der Waals surface area contributed by atoms with Crippen molar-refractivity contribution in [2.75, 3.05) is 13.7 Å². The van der Waals surface area contributed by atoms with E-state index in [4.69, 9.17) is 10.8 Å². The Morgan fingerprint density at radius 1 is 0.771 bits per heavy atom. The molecule has 0 aliphatic rings. The molecule has 13 nitrogen and oxygen atoms in total. The number of carbonyl (C=O) groups excluding carboxylic acids is 4. The Balaban J connectivity index is 0.000000340. The van der Waals surface area contributed by atoms with Crippen LogP contribution in [0, 0.1) is 13.8 Å². The minimum atomic E-state index is -1.03. The number of aromatic carboxylic acids is 1. The number of rotatable bonds is 11. The molecule has 0 unspecified atom stereocenters. The minimum Gasteiger partial charge on any atom is -0.508 e. The van der Waals surface area contributed by atoms with E-state index in [1.54, 1.807) is 74.5 Å². The Labute approximate surface area is 290 Å². The molecule has 256 valence electrons. The first-order chi connectivity index (χ1) is 22.3. The van der Waals surface area contributed by atoms with Gasteiger partial charge >= 0.3 is 11.9 Å². The number of aromatic hydroxyl groups is 2. The summed E-state index contributed by atoms with van der Waals surface area (Å²) in [6.45, 7) is 3.77. The fourth-order valence-corrected chi connectivity index (χ4v) is 6.00. The molecule has 0 aliphatic heterocycles. The van der Waals surface area contributed by atoms with Gasteiger partial charge in [0.15, 0.2) is 0 Å². The first-order valence-corrected chi connectivity index (χ1v) is 15.6. The van der Waals surface area contributed by atoms with E-state index in [2.05, 4.69) is 20.7 Å². The van der Waals surface area contributed by atoms with E-state index in [0.717, 1.165) is 33.8 Å². The molecule has 48 heavy (non-hydrogen) atoms. The smallest absolute Gasteiger partial charge is 0.346 e. The molecule has 0 saturated carbocycles. The SMILES string of the molecule is COC(=O)[C@H](CN)NC(=O)c1sc(C(=O)NCc2cccc(O)c2)cc1C.Cc1cc(C(=O)NCc2cccc(O)c2)sc1C(=O)O.Cl. The Kier molecular flexibility index (Phi) is 15.0. The standard InChI is InChI=1S/C18H21N3O5S.C14H13NO4S.ClH/c1-10-6-14(16(23)20-9-11-4-3-5-12(22)7-11)27-15(10)17(24)21-13(8-19)18(25)26-2;1-8-5-11(20-12(8)14(18)19)13(17)15-7-9-3-2-4-10(16)6-9;/h3-7,13,22H,8-9,19H2,1-2H3,(H,20,23)(H,21,24);2-6,16H,7H2,1H3,(H,15,17)(H,18,19);1H/t13-;;/m0../s1. The number of aryl methyl sites for hydroxylation is 2. The van der Waals surface area contributed by atoms with Crippen LogP contribution >= 0.6 is 35.1 Å². The zero-order valence-corrected chi connectivity index (χ0v) is 28.5. The number of carboxylic acid groups (broad SMARTS) is 1. The van der Waals surface area contributed by atoms with Gasteiger partial charge in [-0.1, -0.05) is 24.3 Å². The van der Waals surface area contributed by atoms with Gasteiger partial charge in [0.2, 0.25) is 0 Å². The van der Waals surface area contributed by atoms with E-state index in [9.17, 15) is 34.2 Å².